The fourth-order valence-electron chi connectivity index (χ4n) is 4.83. The molecule has 1 heterocycles. The molecule has 1 aliphatic rings. The van der Waals surface area contributed by atoms with E-state index in [1.165, 1.54) is 0 Å². The van der Waals surface area contributed by atoms with E-state index in [4.69, 9.17) is 5.73 Å². The topological polar surface area (TPSA) is 117 Å². The average Bonchev–Trinajstić information content (AvgIpc) is 3.04. The number of anilines is 1. The van der Waals surface area contributed by atoms with E-state index < -0.39 is 11.6 Å². The Morgan fingerprint density at radius 1 is 1.05 bits per heavy atom. The van der Waals surface area contributed by atoms with Gasteiger partial charge in [-0.3, -0.25) is 9.59 Å². The van der Waals surface area contributed by atoms with Gasteiger partial charge in [0.15, 0.2) is 0 Å². The third-order valence-electron chi connectivity index (χ3n) is 6.80. The van der Waals surface area contributed by atoms with Gasteiger partial charge >= 0.3 is 6.03 Å². The number of fused-ring (bicyclic) bond motifs is 1. The standard InChI is InChI=1S/C31H37N5O3S/c1-31(2,32)17-28(37)34-27-16-23-15-24(40-4)14-13-22(23)19-36(29(27)38)18-20-9-11-21(12-10-20)25-7-5-6-8-26(25)35-30(39)33-3/h5-15,27H,16-19,32H2,1-4H3,(H,34,37)(H2,33,35,39)/t27-/m1/s1. The minimum absolute atomic E-state index is 0.116. The Hall–Kier alpha value is -3.82. The van der Waals surface area contributed by atoms with Crippen LogP contribution in [0.2, 0.25) is 0 Å². The van der Waals surface area contributed by atoms with Gasteiger partial charge in [0.05, 0.1) is 5.69 Å². The molecule has 3 aromatic carbocycles. The Balaban J connectivity index is 1.58. The highest BCUT2D eigenvalue weighted by molar-refractivity contribution is 7.98. The van der Waals surface area contributed by atoms with Crippen LogP contribution < -0.4 is 21.7 Å². The van der Waals surface area contributed by atoms with E-state index >= 15 is 0 Å². The van der Waals surface area contributed by atoms with Gasteiger partial charge in [0.1, 0.15) is 6.04 Å². The molecule has 0 saturated heterocycles. The number of hydrogen-bond donors (Lipinski definition) is 4. The van der Waals surface area contributed by atoms with Crippen molar-refractivity contribution in [1.29, 1.82) is 0 Å². The van der Waals surface area contributed by atoms with Crippen molar-refractivity contribution in [3.05, 3.63) is 83.4 Å². The Morgan fingerprint density at radius 3 is 2.45 bits per heavy atom. The number of rotatable bonds is 8. The van der Waals surface area contributed by atoms with Crippen LogP contribution in [0.4, 0.5) is 10.5 Å². The Bertz CT molecular complexity index is 1380. The third-order valence-corrected chi connectivity index (χ3v) is 7.53. The summed E-state index contributed by atoms with van der Waals surface area (Å²) >= 11 is 1.65. The van der Waals surface area contributed by atoms with Crippen molar-refractivity contribution in [2.24, 2.45) is 5.73 Å². The van der Waals surface area contributed by atoms with Crippen LogP contribution in [0.1, 0.15) is 37.0 Å². The summed E-state index contributed by atoms with van der Waals surface area (Å²) < 4.78 is 0. The molecular formula is C31H37N5O3S. The molecule has 3 aromatic rings. The van der Waals surface area contributed by atoms with Gasteiger partial charge in [-0.15, -0.1) is 11.8 Å². The first-order valence-corrected chi connectivity index (χ1v) is 14.5. The summed E-state index contributed by atoms with van der Waals surface area (Å²) in [6.07, 6.45) is 2.59. The molecule has 5 N–H and O–H groups in total. The highest BCUT2D eigenvalue weighted by atomic mass is 32.2. The van der Waals surface area contributed by atoms with E-state index in [2.05, 4.69) is 34.1 Å². The van der Waals surface area contributed by atoms with Crippen LogP contribution in [0.15, 0.2) is 71.6 Å². The Morgan fingerprint density at radius 2 is 1.77 bits per heavy atom. The predicted octanol–water partition coefficient (Wildman–Crippen LogP) is 4.52. The van der Waals surface area contributed by atoms with Crippen LogP contribution in [0.5, 0.6) is 0 Å². The predicted molar refractivity (Wildman–Crippen MR) is 161 cm³/mol. The van der Waals surface area contributed by atoms with Gasteiger partial charge in [0, 0.05) is 49.0 Å². The number of nitrogens with two attached hydrogens (primary N) is 1. The maximum atomic E-state index is 13.8. The van der Waals surface area contributed by atoms with Crippen LogP contribution in [-0.4, -0.2) is 47.6 Å². The lowest BCUT2D eigenvalue weighted by Gasteiger charge is -2.26. The molecule has 1 aliphatic heterocycles. The first kappa shape index (κ1) is 29.2. The lowest BCUT2D eigenvalue weighted by molar-refractivity contribution is -0.137. The number of amides is 4. The van der Waals surface area contributed by atoms with E-state index in [-0.39, 0.29) is 24.3 Å². The van der Waals surface area contributed by atoms with Crippen molar-refractivity contribution >= 4 is 35.3 Å². The molecule has 40 heavy (non-hydrogen) atoms. The van der Waals surface area contributed by atoms with E-state index in [1.54, 1.807) is 37.6 Å². The van der Waals surface area contributed by atoms with Gasteiger partial charge in [-0.05, 0) is 60.6 Å². The monoisotopic (exact) mass is 559 g/mol. The number of benzene rings is 3. The fourth-order valence-corrected chi connectivity index (χ4v) is 5.29. The number of nitrogens with zero attached hydrogens (tertiary/aromatic N) is 1. The largest absolute Gasteiger partial charge is 0.344 e. The number of urea groups is 1. The van der Waals surface area contributed by atoms with Crippen LogP contribution in [0.25, 0.3) is 11.1 Å². The van der Waals surface area contributed by atoms with Gasteiger partial charge in [-0.2, -0.15) is 0 Å². The normalized spacial score (nSPS) is 15.2. The lowest BCUT2D eigenvalue weighted by Crippen LogP contribution is -2.50. The zero-order chi connectivity index (χ0) is 28.9. The summed E-state index contributed by atoms with van der Waals surface area (Å²) in [4.78, 5) is 41.4. The first-order valence-electron chi connectivity index (χ1n) is 13.3. The second-order valence-electron chi connectivity index (χ2n) is 10.8. The Kier molecular flexibility index (Phi) is 9.17. The van der Waals surface area contributed by atoms with E-state index in [0.29, 0.717) is 25.2 Å². The highest BCUT2D eigenvalue weighted by Gasteiger charge is 2.32. The summed E-state index contributed by atoms with van der Waals surface area (Å²) in [6.45, 7) is 4.45. The summed E-state index contributed by atoms with van der Waals surface area (Å²) in [5.74, 6) is -0.349. The van der Waals surface area contributed by atoms with Crippen molar-refractivity contribution in [2.75, 3.05) is 18.6 Å². The first-order chi connectivity index (χ1) is 19.1. The van der Waals surface area contributed by atoms with Gasteiger partial charge < -0.3 is 26.6 Å². The van der Waals surface area contributed by atoms with Crippen LogP contribution in [-0.2, 0) is 29.1 Å². The molecule has 1 atom stereocenters. The molecule has 4 amide bonds. The molecule has 0 bridgehead atoms. The van der Waals surface area contributed by atoms with Crippen molar-refractivity contribution in [3.8, 4) is 11.1 Å². The van der Waals surface area contributed by atoms with Crippen molar-refractivity contribution in [1.82, 2.24) is 15.5 Å². The smallest absolute Gasteiger partial charge is 0.318 e. The quantitative estimate of drug-likeness (QED) is 0.303. The lowest BCUT2D eigenvalue weighted by atomic mass is 9.99. The van der Waals surface area contributed by atoms with E-state index in [1.807, 2.05) is 54.8 Å². The van der Waals surface area contributed by atoms with Crippen molar-refractivity contribution in [2.45, 2.75) is 56.3 Å². The van der Waals surface area contributed by atoms with Gasteiger partial charge in [0.25, 0.3) is 0 Å². The summed E-state index contributed by atoms with van der Waals surface area (Å²) in [6, 6.07) is 20.9. The minimum Gasteiger partial charge on any atom is -0.344 e. The zero-order valence-corrected chi connectivity index (χ0v) is 24.2. The number of nitrogens with one attached hydrogen (secondary N) is 3. The average molecular weight is 560 g/mol. The molecule has 4 rings (SSSR count). The molecule has 0 aliphatic carbocycles. The van der Waals surface area contributed by atoms with Gasteiger partial charge in [0.2, 0.25) is 11.8 Å². The van der Waals surface area contributed by atoms with Crippen LogP contribution >= 0.6 is 11.8 Å². The van der Waals surface area contributed by atoms with Crippen molar-refractivity contribution < 1.29 is 14.4 Å². The molecule has 210 valence electrons. The molecule has 0 fully saturated rings. The van der Waals surface area contributed by atoms with Gasteiger partial charge in [-0.25, -0.2) is 4.79 Å². The molecule has 8 nitrogen and oxygen atoms in total. The Labute approximate surface area is 240 Å². The number of para-hydroxylation sites is 1. The molecule has 9 heteroatoms. The van der Waals surface area contributed by atoms with Crippen LogP contribution in [0.3, 0.4) is 0 Å². The number of carbonyl (C=O) groups excluding carboxylic acids is 3. The molecule has 0 aromatic heterocycles. The third kappa shape index (κ3) is 7.43. The fraction of sp³-hybridized carbons (Fsp3) is 0.323. The van der Waals surface area contributed by atoms with Crippen molar-refractivity contribution in [3.63, 3.8) is 0 Å². The van der Waals surface area contributed by atoms with E-state index in [9.17, 15) is 14.4 Å². The SMILES string of the molecule is CNC(=O)Nc1ccccc1-c1ccc(CN2Cc3ccc(SC)cc3C[C@@H](NC(=O)CC(C)(C)N)C2=O)cc1. The molecule has 0 spiro atoms. The second kappa shape index (κ2) is 12.6. The highest BCUT2D eigenvalue weighted by Crippen LogP contribution is 2.29. The molecule has 0 radical (unpaired) electrons. The zero-order valence-electron chi connectivity index (χ0n) is 23.4. The number of hydrogen-bond acceptors (Lipinski definition) is 5. The molecular weight excluding hydrogens is 522 g/mol. The number of carbonyl (C=O) groups is 3. The van der Waals surface area contributed by atoms with Gasteiger partial charge in [-0.1, -0.05) is 48.5 Å². The van der Waals surface area contributed by atoms with Crippen LogP contribution in [0, 0.1) is 0 Å². The molecule has 0 unspecified atom stereocenters. The van der Waals surface area contributed by atoms with E-state index in [0.717, 1.165) is 32.7 Å². The minimum atomic E-state index is -0.671. The maximum Gasteiger partial charge on any atom is 0.318 e. The second-order valence-corrected chi connectivity index (χ2v) is 11.6. The maximum absolute atomic E-state index is 13.8. The summed E-state index contributed by atoms with van der Waals surface area (Å²) in [5, 5.41) is 8.39. The molecule has 0 saturated carbocycles. The summed E-state index contributed by atoms with van der Waals surface area (Å²) in [5.41, 5.74) is 11.0. The number of thioether (sulfide) groups is 1. The summed E-state index contributed by atoms with van der Waals surface area (Å²) in [7, 11) is 1.58.